The molecule has 0 unspecified atom stereocenters. The van der Waals surface area contributed by atoms with Crippen molar-refractivity contribution >= 4 is 35.8 Å². The highest BCUT2D eigenvalue weighted by Gasteiger charge is 2.23. The zero-order valence-corrected chi connectivity index (χ0v) is 17.6. The second-order valence-corrected chi connectivity index (χ2v) is 7.03. The molecule has 0 heterocycles. The van der Waals surface area contributed by atoms with E-state index >= 15 is 0 Å². The third-order valence-electron chi connectivity index (χ3n) is 4.19. The average Bonchev–Trinajstić information content (AvgIpc) is 3.47. The number of nitrogens with two attached hydrogens (primary N) is 1. The summed E-state index contributed by atoms with van der Waals surface area (Å²) in [6.07, 6.45) is 1.99. The van der Waals surface area contributed by atoms with Crippen LogP contribution in [-0.4, -0.2) is 50.1 Å². The SMILES string of the molecule is COc1ccc(NC(=O)CNC(=O)[C@@H](N)C(C)C)cc1OCC(=O)NC1CC1.Cl. The Kier molecular flexibility index (Phi) is 9.70. The molecule has 0 radical (unpaired) electrons. The number of rotatable bonds is 10. The molecule has 2 rings (SSSR count). The molecule has 1 atom stereocenters. The lowest BCUT2D eigenvalue weighted by Crippen LogP contribution is -2.46. The van der Waals surface area contributed by atoms with Gasteiger partial charge in [-0.2, -0.15) is 0 Å². The quantitative estimate of drug-likeness (QED) is 0.436. The van der Waals surface area contributed by atoms with Crippen LogP contribution in [0.4, 0.5) is 5.69 Å². The number of hydrogen-bond donors (Lipinski definition) is 4. The van der Waals surface area contributed by atoms with Crippen molar-refractivity contribution in [3.8, 4) is 11.5 Å². The molecule has 0 spiro atoms. The molecule has 162 valence electrons. The first-order valence-corrected chi connectivity index (χ1v) is 9.23. The van der Waals surface area contributed by atoms with Crippen molar-refractivity contribution in [2.24, 2.45) is 11.7 Å². The molecule has 0 aromatic heterocycles. The van der Waals surface area contributed by atoms with E-state index in [-0.39, 0.29) is 49.3 Å². The summed E-state index contributed by atoms with van der Waals surface area (Å²) < 4.78 is 10.7. The van der Waals surface area contributed by atoms with Gasteiger partial charge in [0, 0.05) is 17.8 Å². The highest BCUT2D eigenvalue weighted by atomic mass is 35.5. The molecule has 29 heavy (non-hydrogen) atoms. The fourth-order valence-electron chi connectivity index (χ4n) is 2.30. The molecule has 1 fully saturated rings. The normalized spacial score (nSPS) is 13.7. The lowest BCUT2D eigenvalue weighted by atomic mass is 10.1. The van der Waals surface area contributed by atoms with E-state index in [9.17, 15) is 14.4 Å². The van der Waals surface area contributed by atoms with Gasteiger partial charge < -0.3 is 31.2 Å². The Morgan fingerprint density at radius 1 is 1.17 bits per heavy atom. The van der Waals surface area contributed by atoms with Crippen LogP contribution in [0.25, 0.3) is 0 Å². The Labute approximate surface area is 176 Å². The number of amides is 3. The maximum Gasteiger partial charge on any atom is 0.258 e. The number of ether oxygens (including phenoxy) is 2. The van der Waals surface area contributed by atoms with Gasteiger partial charge in [0.1, 0.15) is 0 Å². The predicted octanol–water partition coefficient (Wildman–Crippen LogP) is 0.812. The van der Waals surface area contributed by atoms with Crippen molar-refractivity contribution in [3.05, 3.63) is 18.2 Å². The smallest absolute Gasteiger partial charge is 0.258 e. The maximum absolute atomic E-state index is 12.1. The van der Waals surface area contributed by atoms with E-state index in [1.165, 1.54) is 7.11 Å². The fourth-order valence-corrected chi connectivity index (χ4v) is 2.30. The van der Waals surface area contributed by atoms with Crippen LogP contribution < -0.4 is 31.2 Å². The van der Waals surface area contributed by atoms with Crippen molar-refractivity contribution in [1.82, 2.24) is 10.6 Å². The van der Waals surface area contributed by atoms with E-state index in [1.54, 1.807) is 18.2 Å². The molecule has 1 aliphatic rings. The van der Waals surface area contributed by atoms with Gasteiger partial charge in [0.15, 0.2) is 18.1 Å². The number of carbonyl (C=O) groups is 3. The van der Waals surface area contributed by atoms with E-state index in [0.717, 1.165) is 12.8 Å². The van der Waals surface area contributed by atoms with Crippen LogP contribution in [0.1, 0.15) is 26.7 Å². The maximum atomic E-state index is 12.1. The minimum atomic E-state index is -0.671. The fraction of sp³-hybridized carbons (Fsp3) is 0.526. The number of methoxy groups -OCH3 is 1. The Balaban J connectivity index is 0.00000420. The number of nitrogens with one attached hydrogen (secondary N) is 3. The third-order valence-corrected chi connectivity index (χ3v) is 4.19. The van der Waals surface area contributed by atoms with Gasteiger partial charge in [-0.05, 0) is 30.9 Å². The highest BCUT2D eigenvalue weighted by molar-refractivity contribution is 5.95. The van der Waals surface area contributed by atoms with E-state index in [4.69, 9.17) is 15.2 Å². The summed E-state index contributed by atoms with van der Waals surface area (Å²) in [7, 11) is 1.48. The average molecular weight is 429 g/mol. The van der Waals surface area contributed by atoms with E-state index in [0.29, 0.717) is 17.2 Å². The summed E-state index contributed by atoms with van der Waals surface area (Å²) >= 11 is 0. The predicted molar refractivity (Wildman–Crippen MR) is 111 cm³/mol. The second kappa shape index (κ2) is 11.5. The highest BCUT2D eigenvalue weighted by Crippen LogP contribution is 2.30. The zero-order valence-electron chi connectivity index (χ0n) is 16.8. The number of hydrogen-bond acceptors (Lipinski definition) is 6. The summed E-state index contributed by atoms with van der Waals surface area (Å²) in [5.41, 5.74) is 6.19. The van der Waals surface area contributed by atoms with Gasteiger partial charge in [-0.15, -0.1) is 12.4 Å². The van der Waals surface area contributed by atoms with Crippen molar-refractivity contribution in [1.29, 1.82) is 0 Å². The summed E-state index contributed by atoms with van der Waals surface area (Å²) in [4.78, 5) is 35.7. The van der Waals surface area contributed by atoms with E-state index < -0.39 is 11.9 Å². The summed E-state index contributed by atoms with van der Waals surface area (Å²) in [6, 6.07) is 4.40. The molecule has 1 aliphatic carbocycles. The van der Waals surface area contributed by atoms with Crippen molar-refractivity contribution in [2.75, 3.05) is 25.6 Å². The van der Waals surface area contributed by atoms with Crippen molar-refractivity contribution in [2.45, 2.75) is 38.8 Å². The Morgan fingerprint density at radius 2 is 1.86 bits per heavy atom. The van der Waals surface area contributed by atoms with Crippen LogP contribution in [0.2, 0.25) is 0 Å². The van der Waals surface area contributed by atoms with Gasteiger partial charge >= 0.3 is 0 Å². The largest absolute Gasteiger partial charge is 0.493 e. The minimum Gasteiger partial charge on any atom is -0.493 e. The number of anilines is 1. The van der Waals surface area contributed by atoms with Gasteiger partial charge in [-0.3, -0.25) is 14.4 Å². The molecule has 9 nitrogen and oxygen atoms in total. The first kappa shape index (κ1) is 24.5. The first-order chi connectivity index (χ1) is 13.3. The monoisotopic (exact) mass is 428 g/mol. The van der Waals surface area contributed by atoms with Gasteiger partial charge in [0.25, 0.3) is 5.91 Å². The van der Waals surface area contributed by atoms with Gasteiger partial charge in [0.2, 0.25) is 11.8 Å². The Hall–Kier alpha value is -2.52. The van der Waals surface area contributed by atoms with Crippen LogP contribution >= 0.6 is 12.4 Å². The van der Waals surface area contributed by atoms with Crippen LogP contribution in [-0.2, 0) is 14.4 Å². The van der Waals surface area contributed by atoms with Crippen molar-refractivity contribution in [3.63, 3.8) is 0 Å². The summed E-state index contributed by atoms with van der Waals surface area (Å²) in [5.74, 6) is -0.257. The standard InChI is InChI=1S/C19H28N4O5.ClH/c1-11(2)18(20)19(26)21-9-16(24)23-13-6-7-14(27-3)15(8-13)28-10-17(25)22-12-4-5-12;/h6-8,11-12,18H,4-5,9-10,20H2,1-3H3,(H,21,26)(H,22,25)(H,23,24);1H/t18-;/m0./s1. The number of carbonyl (C=O) groups excluding carboxylic acids is 3. The van der Waals surface area contributed by atoms with Gasteiger partial charge in [0.05, 0.1) is 19.7 Å². The molecule has 5 N–H and O–H groups in total. The molecule has 0 saturated heterocycles. The number of benzene rings is 1. The molecular formula is C19H29ClN4O5. The zero-order chi connectivity index (χ0) is 20.7. The topological polar surface area (TPSA) is 132 Å². The molecule has 1 saturated carbocycles. The van der Waals surface area contributed by atoms with E-state index in [2.05, 4.69) is 16.0 Å². The summed E-state index contributed by atoms with van der Waals surface area (Å²) in [5, 5.41) is 7.98. The first-order valence-electron chi connectivity index (χ1n) is 9.23. The minimum absolute atomic E-state index is 0. The molecular weight excluding hydrogens is 400 g/mol. The van der Waals surface area contributed by atoms with Crippen LogP contribution in [0.5, 0.6) is 11.5 Å². The third kappa shape index (κ3) is 8.16. The van der Waals surface area contributed by atoms with Crippen LogP contribution in [0.3, 0.4) is 0 Å². The van der Waals surface area contributed by atoms with Gasteiger partial charge in [-0.25, -0.2) is 0 Å². The second-order valence-electron chi connectivity index (χ2n) is 7.03. The lowest BCUT2D eigenvalue weighted by Gasteiger charge is -2.15. The summed E-state index contributed by atoms with van der Waals surface area (Å²) in [6.45, 7) is 3.31. The molecule has 10 heteroatoms. The van der Waals surface area contributed by atoms with Crippen LogP contribution in [0.15, 0.2) is 18.2 Å². The number of halogens is 1. The lowest BCUT2D eigenvalue weighted by molar-refractivity contribution is -0.125. The molecule has 1 aromatic carbocycles. The molecule has 3 amide bonds. The molecule has 0 bridgehead atoms. The van der Waals surface area contributed by atoms with Crippen molar-refractivity contribution < 1.29 is 23.9 Å². The van der Waals surface area contributed by atoms with Crippen LogP contribution in [0, 0.1) is 5.92 Å². The van der Waals surface area contributed by atoms with E-state index in [1.807, 2.05) is 13.8 Å². The molecule has 0 aliphatic heterocycles. The molecule has 1 aromatic rings. The Bertz CT molecular complexity index is 725. The van der Waals surface area contributed by atoms with Gasteiger partial charge in [-0.1, -0.05) is 13.8 Å². The Morgan fingerprint density at radius 3 is 2.45 bits per heavy atom.